The number of carboxylic acid groups (broad SMARTS) is 1. The average molecular weight is 174 g/mol. The average Bonchev–Trinajstić information content (AvgIpc) is 2.51. The zero-order valence-corrected chi connectivity index (χ0v) is 6.65. The first kappa shape index (κ1) is 8.99. The minimum atomic E-state index is -0.929. The largest absolute Gasteiger partial charge is 0.481 e. The summed E-state index contributed by atoms with van der Waals surface area (Å²) < 4.78 is 9.33. The topological polar surface area (TPSA) is 72.8 Å². The smallest absolute Gasteiger partial charge is 0.334 e. The van der Waals surface area contributed by atoms with Gasteiger partial charge in [-0.25, -0.2) is 4.79 Å². The van der Waals surface area contributed by atoms with Crippen LogP contribution in [-0.2, 0) is 19.1 Å². The van der Waals surface area contributed by atoms with Gasteiger partial charge in [-0.1, -0.05) is 0 Å². The van der Waals surface area contributed by atoms with Crippen molar-refractivity contribution >= 4 is 11.9 Å². The van der Waals surface area contributed by atoms with Crippen molar-refractivity contribution in [1.29, 1.82) is 0 Å². The van der Waals surface area contributed by atoms with E-state index >= 15 is 0 Å². The highest BCUT2D eigenvalue weighted by atomic mass is 16.6. The number of methoxy groups -OCH3 is 1. The van der Waals surface area contributed by atoms with E-state index in [0.29, 0.717) is 0 Å². The second kappa shape index (κ2) is 3.53. The minimum Gasteiger partial charge on any atom is -0.481 e. The van der Waals surface area contributed by atoms with Crippen molar-refractivity contribution in [2.45, 2.75) is 12.5 Å². The van der Waals surface area contributed by atoms with Crippen LogP contribution < -0.4 is 0 Å². The van der Waals surface area contributed by atoms with Gasteiger partial charge in [-0.15, -0.1) is 0 Å². The molecule has 1 aliphatic heterocycles. The molecule has 68 valence electrons. The summed E-state index contributed by atoms with van der Waals surface area (Å²) in [5.74, 6) is -2.01. The maximum absolute atomic E-state index is 10.8. The number of carboxylic acids is 1. The van der Waals surface area contributed by atoms with Gasteiger partial charge in [0.05, 0.1) is 19.6 Å². The van der Waals surface area contributed by atoms with E-state index in [2.05, 4.69) is 4.74 Å². The van der Waals surface area contributed by atoms with Gasteiger partial charge in [0.1, 0.15) is 0 Å². The second-order valence-electron chi connectivity index (χ2n) is 2.62. The summed E-state index contributed by atoms with van der Waals surface area (Å²) in [6.45, 7) is 0.0924. The molecule has 1 heterocycles. The fourth-order valence-corrected chi connectivity index (χ4v) is 1.09. The third-order valence-electron chi connectivity index (χ3n) is 1.81. The van der Waals surface area contributed by atoms with E-state index in [9.17, 15) is 9.59 Å². The van der Waals surface area contributed by atoms with E-state index in [1.807, 2.05) is 0 Å². The van der Waals surface area contributed by atoms with Crippen LogP contribution >= 0.6 is 0 Å². The molecule has 0 amide bonds. The fourth-order valence-electron chi connectivity index (χ4n) is 1.09. The molecule has 12 heavy (non-hydrogen) atoms. The molecule has 0 aliphatic carbocycles. The van der Waals surface area contributed by atoms with Gasteiger partial charge in [0, 0.05) is 0 Å². The Kier molecular flexibility index (Phi) is 2.65. The lowest BCUT2D eigenvalue weighted by Gasteiger charge is -2.04. The molecule has 5 nitrogen and oxygen atoms in total. The van der Waals surface area contributed by atoms with Crippen LogP contribution in [0.4, 0.5) is 0 Å². The Bertz CT molecular complexity index is 200. The number of carbonyl (C=O) groups excluding carboxylic acids is 1. The van der Waals surface area contributed by atoms with E-state index in [1.54, 1.807) is 0 Å². The normalized spacial score (nSPS) is 28.4. The fraction of sp³-hybridized carbons (Fsp3) is 0.714. The van der Waals surface area contributed by atoms with Gasteiger partial charge in [0.15, 0.2) is 6.10 Å². The molecule has 1 aliphatic rings. The Balaban J connectivity index is 2.45. The van der Waals surface area contributed by atoms with Crippen LogP contribution in [0.25, 0.3) is 0 Å². The lowest BCUT2D eigenvalue weighted by Crippen LogP contribution is -2.21. The van der Waals surface area contributed by atoms with Gasteiger partial charge in [-0.3, -0.25) is 4.79 Å². The van der Waals surface area contributed by atoms with Gasteiger partial charge in [-0.05, 0) is 6.42 Å². The van der Waals surface area contributed by atoms with Crippen molar-refractivity contribution in [3.05, 3.63) is 0 Å². The van der Waals surface area contributed by atoms with Crippen LogP contribution in [0.1, 0.15) is 6.42 Å². The highest BCUT2D eigenvalue weighted by molar-refractivity contribution is 5.77. The second-order valence-corrected chi connectivity index (χ2v) is 2.62. The molecular formula is C7H10O5. The standard InChI is InChI=1S/C7H10O5/c1-11-7(10)5-2-4(3-12-5)6(8)9/h4-5H,2-3H2,1H3,(H,8,9)/t4-,5+/m1/s1. The van der Waals surface area contributed by atoms with E-state index in [4.69, 9.17) is 9.84 Å². The molecule has 0 bridgehead atoms. The molecule has 1 rings (SSSR count). The summed E-state index contributed by atoms with van der Waals surface area (Å²) >= 11 is 0. The molecule has 0 aromatic heterocycles. The molecule has 1 fully saturated rings. The quantitative estimate of drug-likeness (QED) is 0.579. The predicted molar refractivity (Wildman–Crippen MR) is 37.5 cm³/mol. The lowest BCUT2D eigenvalue weighted by atomic mass is 10.1. The van der Waals surface area contributed by atoms with Crippen molar-refractivity contribution in [3.8, 4) is 0 Å². The summed E-state index contributed by atoms with van der Waals surface area (Å²) in [6, 6.07) is 0. The van der Waals surface area contributed by atoms with Gasteiger partial charge < -0.3 is 14.6 Å². The Morgan fingerprint density at radius 2 is 2.25 bits per heavy atom. The number of carbonyl (C=O) groups is 2. The van der Waals surface area contributed by atoms with Crippen molar-refractivity contribution in [2.24, 2.45) is 5.92 Å². The Labute approximate surface area is 69.3 Å². The molecule has 0 aromatic rings. The number of rotatable bonds is 2. The van der Waals surface area contributed by atoms with Gasteiger partial charge in [0.2, 0.25) is 0 Å². The zero-order valence-electron chi connectivity index (χ0n) is 6.65. The monoisotopic (exact) mass is 174 g/mol. The van der Waals surface area contributed by atoms with Gasteiger partial charge in [-0.2, -0.15) is 0 Å². The minimum absolute atomic E-state index is 0.0924. The number of aliphatic carboxylic acids is 1. The SMILES string of the molecule is COC(=O)[C@@H]1C[C@@H](C(=O)O)CO1. The van der Waals surface area contributed by atoms with Crippen LogP contribution in [0.2, 0.25) is 0 Å². The van der Waals surface area contributed by atoms with Gasteiger partial charge in [0.25, 0.3) is 0 Å². The molecule has 0 saturated carbocycles. The van der Waals surface area contributed by atoms with E-state index in [-0.39, 0.29) is 13.0 Å². The maximum Gasteiger partial charge on any atom is 0.334 e. The molecule has 0 aromatic carbocycles. The Hall–Kier alpha value is -1.10. The van der Waals surface area contributed by atoms with Crippen LogP contribution in [0.5, 0.6) is 0 Å². The molecular weight excluding hydrogens is 164 g/mol. The summed E-state index contributed by atoms with van der Waals surface area (Å²) in [5, 5.41) is 8.55. The third kappa shape index (κ3) is 1.73. The zero-order chi connectivity index (χ0) is 9.14. The highest BCUT2D eigenvalue weighted by Gasteiger charge is 2.35. The summed E-state index contributed by atoms with van der Waals surface area (Å²) in [5.41, 5.74) is 0. The molecule has 5 heteroatoms. The molecule has 1 saturated heterocycles. The van der Waals surface area contributed by atoms with E-state index in [0.717, 1.165) is 0 Å². The summed E-state index contributed by atoms with van der Waals surface area (Å²) in [7, 11) is 1.25. The van der Waals surface area contributed by atoms with Crippen LogP contribution in [0.15, 0.2) is 0 Å². The first-order valence-electron chi connectivity index (χ1n) is 3.57. The third-order valence-corrected chi connectivity index (χ3v) is 1.81. The highest BCUT2D eigenvalue weighted by Crippen LogP contribution is 2.20. The molecule has 0 spiro atoms. The molecule has 0 radical (unpaired) electrons. The molecule has 1 N–H and O–H groups in total. The first-order chi connectivity index (χ1) is 5.65. The van der Waals surface area contributed by atoms with Crippen molar-refractivity contribution in [3.63, 3.8) is 0 Å². The van der Waals surface area contributed by atoms with Crippen LogP contribution in [-0.4, -0.2) is 36.9 Å². The van der Waals surface area contributed by atoms with Gasteiger partial charge >= 0.3 is 11.9 Å². The summed E-state index contributed by atoms with van der Waals surface area (Å²) in [6.07, 6.45) is -0.488. The van der Waals surface area contributed by atoms with E-state index < -0.39 is 24.0 Å². The lowest BCUT2D eigenvalue weighted by molar-refractivity contribution is -0.151. The van der Waals surface area contributed by atoms with Crippen LogP contribution in [0, 0.1) is 5.92 Å². The van der Waals surface area contributed by atoms with Crippen molar-refractivity contribution in [2.75, 3.05) is 13.7 Å². The maximum atomic E-state index is 10.8. The number of ether oxygens (including phenoxy) is 2. The summed E-state index contributed by atoms with van der Waals surface area (Å²) in [4.78, 5) is 21.3. The molecule has 2 atom stereocenters. The van der Waals surface area contributed by atoms with E-state index in [1.165, 1.54) is 7.11 Å². The Morgan fingerprint density at radius 1 is 1.58 bits per heavy atom. The Morgan fingerprint density at radius 3 is 2.67 bits per heavy atom. The first-order valence-corrected chi connectivity index (χ1v) is 3.57. The van der Waals surface area contributed by atoms with Crippen LogP contribution in [0.3, 0.4) is 0 Å². The number of hydrogen-bond acceptors (Lipinski definition) is 4. The predicted octanol–water partition coefficient (Wildman–Crippen LogP) is -0.351. The van der Waals surface area contributed by atoms with Crippen molar-refractivity contribution < 1.29 is 24.2 Å². The number of hydrogen-bond donors (Lipinski definition) is 1. The van der Waals surface area contributed by atoms with Crippen molar-refractivity contribution in [1.82, 2.24) is 0 Å². The number of esters is 1. The molecule has 0 unspecified atom stereocenters.